The van der Waals surface area contributed by atoms with E-state index in [1.807, 2.05) is 0 Å². The molecule has 0 aromatic heterocycles. The van der Waals surface area contributed by atoms with Gasteiger partial charge in [0.1, 0.15) is 5.82 Å². The van der Waals surface area contributed by atoms with Gasteiger partial charge < -0.3 is 11.1 Å². The first-order chi connectivity index (χ1) is 11.9. The molecule has 7 nitrogen and oxygen atoms in total. The zero-order chi connectivity index (χ0) is 18.4. The predicted octanol–water partition coefficient (Wildman–Crippen LogP) is 2.24. The molecule has 0 saturated heterocycles. The molecule has 0 radical (unpaired) electrons. The molecule has 130 valence electrons. The van der Waals surface area contributed by atoms with Gasteiger partial charge in [-0.2, -0.15) is 0 Å². The van der Waals surface area contributed by atoms with E-state index in [9.17, 15) is 24.1 Å². The molecule has 9 heteroatoms. The molecule has 0 spiro atoms. The van der Waals surface area contributed by atoms with E-state index in [1.54, 1.807) is 12.1 Å². The number of halogens is 1. The molecule has 2 rings (SSSR count). The first kappa shape index (κ1) is 18.4. The Kier molecular flexibility index (Phi) is 6.07. The maximum absolute atomic E-state index is 12.8. The van der Waals surface area contributed by atoms with Gasteiger partial charge in [-0.3, -0.25) is 19.7 Å². The third-order valence-corrected chi connectivity index (χ3v) is 4.26. The Balaban J connectivity index is 1.95. The first-order valence-electron chi connectivity index (χ1n) is 7.09. The molecule has 0 bridgehead atoms. The van der Waals surface area contributed by atoms with Gasteiger partial charge in [0.25, 0.3) is 5.69 Å². The number of amides is 2. The molecule has 0 aliphatic rings. The molecule has 2 aromatic rings. The van der Waals surface area contributed by atoms with Crippen molar-refractivity contribution < 1.29 is 18.9 Å². The quantitative estimate of drug-likeness (QED) is 0.445. The molecule has 0 fully saturated rings. The molecule has 2 amide bonds. The van der Waals surface area contributed by atoms with Crippen LogP contribution in [0.15, 0.2) is 47.4 Å². The third kappa shape index (κ3) is 5.28. The largest absolute Gasteiger partial charge is 0.366 e. The number of nitrogens with two attached hydrogens (primary N) is 1. The predicted molar refractivity (Wildman–Crippen MR) is 90.6 cm³/mol. The van der Waals surface area contributed by atoms with E-state index < -0.39 is 10.8 Å². The fourth-order valence-electron chi connectivity index (χ4n) is 1.93. The molecule has 0 heterocycles. The number of hydrogen-bond acceptors (Lipinski definition) is 5. The van der Waals surface area contributed by atoms with Crippen LogP contribution in [0.25, 0.3) is 0 Å². The van der Waals surface area contributed by atoms with Gasteiger partial charge in [0.15, 0.2) is 0 Å². The Morgan fingerprint density at radius 1 is 1.20 bits per heavy atom. The lowest BCUT2D eigenvalue weighted by Crippen LogP contribution is -2.24. The number of rotatable bonds is 7. The highest BCUT2D eigenvalue weighted by Gasteiger charge is 2.17. The summed E-state index contributed by atoms with van der Waals surface area (Å²) in [6, 6.07) is 9.53. The van der Waals surface area contributed by atoms with Gasteiger partial charge in [-0.1, -0.05) is 12.1 Å². The number of nitro benzene ring substituents is 1. The molecule has 25 heavy (non-hydrogen) atoms. The van der Waals surface area contributed by atoms with Crippen LogP contribution in [-0.2, 0) is 11.3 Å². The molecular formula is C16H14FN3O4S. The minimum atomic E-state index is -0.767. The van der Waals surface area contributed by atoms with Crippen molar-refractivity contribution in [1.29, 1.82) is 0 Å². The molecular weight excluding hydrogens is 349 g/mol. The fourth-order valence-corrected chi connectivity index (χ4v) is 2.77. The molecule has 3 N–H and O–H groups in total. The highest BCUT2D eigenvalue weighted by molar-refractivity contribution is 8.00. The smallest absolute Gasteiger partial charge is 0.283 e. The van der Waals surface area contributed by atoms with Gasteiger partial charge in [0.05, 0.1) is 15.6 Å². The van der Waals surface area contributed by atoms with E-state index in [0.29, 0.717) is 0 Å². The van der Waals surface area contributed by atoms with Crippen molar-refractivity contribution in [3.05, 3.63) is 69.5 Å². The Labute approximate surface area is 146 Å². The summed E-state index contributed by atoms with van der Waals surface area (Å²) in [5.41, 5.74) is 5.58. The molecule has 0 saturated carbocycles. The van der Waals surface area contributed by atoms with E-state index in [4.69, 9.17) is 5.73 Å². The second kappa shape index (κ2) is 8.25. The van der Waals surface area contributed by atoms with E-state index >= 15 is 0 Å². The van der Waals surface area contributed by atoms with Crippen LogP contribution in [0.2, 0.25) is 0 Å². The van der Waals surface area contributed by atoms with Gasteiger partial charge >= 0.3 is 0 Å². The number of primary amides is 1. The summed E-state index contributed by atoms with van der Waals surface area (Å²) < 4.78 is 12.8. The van der Waals surface area contributed by atoms with Gasteiger partial charge in [-0.15, -0.1) is 11.8 Å². The number of nitrogens with zero attached hydrogens (tertiary/aromatic N) is 1. The highest BCUT2D eigenvalue weighted by Crippen LogP contribution is 2.29. The van der Waals surface area contributed by atoms with E-state index in [2.05, 4.69) is 5.32 Å². The van der Waals surface area contributed by atoms with Crippen LogP contribution in [0.4, 0.5) is 10.1 Å². The Morgan fingerprint density at radius 3 is 2.48 bits per heavy atom. The van der Waals surface area contributed by atoms with Gasteiger partial charge in [-0.25, -0.2) is 4.39 Å². The van der Waals surface area contributed by atoms with Crippen molar-refractivity contribution in [1.82, 2.24) is 5.32 Å². The summed E-state index contributed by atoms with van der Waals surface area (Å²) in [6.45, 7) is 0.225. The van der Waals surface area contributed by atoms with Crippen molar-refractivity contribution in [2.24, 2.45) is 5.73 Å². The SMILES string of the molecule is NC(=O)c1ccc(SCC(=O)NCc2ccc(F)cc2)c([N+](=O)[O-])c1. The summed E-state index contributed by atoms with van der Waals surface area (Å²) in [5.74, 6) is -1.51. The molecule has 2 aromatic carbocycles. The summed E-state index contributed by atoms with van der Waals surface area (Å²) in [5, 5.41) is 13.7. The summed E-state index contributed by atoms with van der Waals surface area (Å²) in [7, 11) is 0. The maximum Gasteiger partial charge on any atom is 0.283 e. The standard InChI is InChI=1S/C16H14FN3O4S/c17-12-4-1-10(2-5-12)8-19-15(21)9-25-14-6-3-11(16(18)22)7-13(14)20(23)24/h1-7H,8-9H2,(H2,18,22)(H,19,21). The van der Waals surface area contributed by atoms with Crippen molar-refractivity contribution in [3.63, 3.8) is 0 Å². The zero-order valence-corrected chi connectivity index (χ0v) is 13.7. The van der Waals surface area contributed by atoms with Crippen LogP contribution < -0.4 is 11.1 Å². The lowest BCUT2D eigenvalue weighted by atomic mass is 10.2. The number of hydrogen-bond donors (Lipinski definition) is 2. The van der Waals surface area contributed by atoms with Gasteiger partial charge in [0, 0.05) is 18.2 Å². The van der Waals surface area contributed by atoms with Crippen LogP contribution >= 0.6 is 11.8 Å². The van der Waals surface area contributed by atoms with Crippen LogP contribution in [0, 0.1) is 15.9 Å². The number of nitro groups is 1. The monoisotopic (exact) mass is 363 g/mol. The maximum atomic E-state index is 12.8. The van der Waals surface area contributed by atoms with Crippen molar-refractivity contribution in [2.75, 3.05) is 5.75 Å². The second-order valence-electron chi connectivity index (χ2n) is 5.00. The zero-order valence-electron chi connectivity index (χ0n) is 12.9. The molecule has 0 atom stereocenters. The highest BCUT2D eigenvalue weighted by atomic mass is 32.2. The van der Waals surface area contributed by atoms with Crippen molar-refractivity contribution in [3.8, 4) is 0 Å². The summed E-state index contributed by atoms with van der Waals surface area (Å²) in [4.78, 5) is 33.7. The van der Waals surface area contributed by atoms with Gasteiger partial charge in [-0.05, 0) is 29.8 Å². The summed E-state index contributed by atoms with van der Waals surface area (Å²) in [6.07, 6.45) is 0. The Hall–Kier alpha value is -2.94. The lowest BCUT2D eigenvalue weighted by Gasteiger charge is -2.06. The summed E-state index contributed by atoms with van der Waals surface area (Å²) >= 11 is 0.976. The van der Waals surface area contributed by atoms with Gasteiger partial charge in [0.2, 0.25) is 11.8 Å². The van der Waals surface area contributed by atoms with E-state index in [1.165, 1.54) is 24.3 Å². The van der Waals surface area contributed by atoms with Crippen molar-refractivity contribution in [2.45, 2.75) is 11.4 Å². The number of benzene rings is 2. The molecule has 0 aliphatic carbocycles. The number of carbonyl (C=O) groups is 2. The topological polar surface area (TPSA) is 115 Å². The lowest BCUT2D eigenvalue weighted by molar-refractivity contribution is -0.387. The van der Waals surface area contributed by atoms with Crippen LogP contribution in [0.1, 0.15) is 15.9 Å². The number of nitrogens with one attached hydrogen (secondary N) is 1. The first-order valence-corrected chi connectivity index (χ1v) is 8.07. The molecule has 0 unspecified atom stereocenters. The van der Waals surface area contributed by atoms with Crippen LogP contribution in [0.3, 0.4) is 0 Å². The average Bonchev–Trinajstić information content (AvgIpc) is 2.59. The van der Waals surface area contributed by atoms with Crippen LogP contribution in [0.5, 0.6) is 0 Å². The Bertz CT molecular complexity index is 812. The molecule has 0 aliphatic heterocycles. The number of carbonyl (C=O) groups excluding carboxylic acids is 2. The van der Waals surface area contributed by atoms with Crippen molar-refractivity contribution >= 4 is 29.3 Å². The normalized spacial score (nSPS) is 10.3. The Morgan fingerprint density at radius 2 is 1.88 bits per heavy atom. The second-order valence-corrected chi connectivity index (χ2v) is 6.01. The fraction of sp³-hybridized carbons (Fsp3) is 0.125. The average molecular weight is 363 g/mol. The van der Waals surface area contributed by atoms with E-state index in [-0.39, 0.29) is 40.2 Å². The minimum Gasteiger partial charge on any atom is -0.366 e. The van der Waals surface area contributed by atoms with E-state index in [0.717, 1.165) is 23.4 Å². The van der Waals surface area contributed by atoms with Crippen LogP contribution in [-0.4, -0.2) is 22.5 Å². The minimum absolute atomic E-state index is 0.0248. The third-order valence-electron chi connectivity index (χ3n) is 3.20. The number of thioether (sulfide) groups is 1.